The van der Waals surface area contributed by atoms with Gasteiger partial charge < -0.3 is 14.6 Å². The smallest absolute Gasteiger partial charge is 0.307 e. The topological polar surface area (TPSA) is 84.1 Å². The third kappa shape index (κ3) is 4.99. The van der Waals surface area contributed by atoms with E-state index in [1.807, 2.05) is 26.0 Å². The number of hydrogen-bond donors (Lipinski definition) is 1. The number of ether oxygens (including phenoxy) is 1. The van der Waals surface area contributed by atoms with Crippen molar-refractivity contribution in [2.45, 2.75) is 40.2 Å². The van der Waals surface area contributed by atoms with Crippen LogP contribution in [0.5, 0.6) is 0 Å². The van der Waals surface area contributed by atoms with Crippen molar-refractivity contribution in [1.82, 2.24) is 9.88 Å². The van der Waals surface area contributed by atoms with Crippen molar-refractivity contribution in [2.24, 2.45) is 0 Å². The molecular formula is C17H23N3O3. The molecule has 1 aromatic rings. The molecule has 124 valence electrons. The number of nitrogens with zero attached hydrogens (tertiary/aromatic N) is 2. The van der Waals surface area contributed by atoms with E-state index in [2.05, 4.69) is 21.5 Å². The summed E-state index contributed by atoms with van der Waals surface area (Å²) in [7, 11) is 1.29. The van der Waals surface area contributed by atoms with Crippen LogP contribution in [-0.4, -0.2) is 30.1 Å². The van der Waals surface area contributed by atoms with Crippen LogP contribution in [0.15, 0.2) is 11.6 Å². The first-order valence-electron chi connectivity index (χ1n) is 7.58. The number of rotatable bonds is 7. The average Bonchev–Trinajstić information content (AvgIpc) is 2.79. The van der Waals surface area contributed by atoms with Gasteiger partial charge in [-0.05, 0) is 38.0 Å². The highest BCUT2D eigenvalue weighted by atomic mass is 16.5. The summed E-state index contributed by atoms with van der Waals surface area (Å²) >= 11 is 0. The van der Waals surface area contributed by atoms with Crippen LogP contribution in [0, 0.1) is 25.2 Å². The standard InChI is InChI=1S/C17H23N3O3/c1-5-8-20-12(2)9-14(13(20)3)10-15(11-18)17(22)19-7-6-16(21)23-4/h9-10H,5-8H2,1-4H3,(H,19,22)/b15-10+. The summed E-state index contributed by atoms with van der Waals surface area (Å²) < 4.78 is 6.66. The van der Waals surface area contributed by atoms with Crippen LogP contribution in [0.1, 0.15) is 36.7 Å². The number of carbonyl (C=O) groups excluding carboxylic acids is 2. The molecule has 0 unspecified atom stereocenters. The number of esters is 1. The van der Waals surface area contributed by atoms with E-state index in [0.717, 1.165) is 29.9 Å². The van der Waals surface area contributed by atoms with E-state index in [-0.39, 0.29) is 18.5 Å². The van der Waals surface area contributed by atoms with E-state index >= 15 is 0 Å². The van der Waals surface area contributed by atoms with Crippen molar-refractivity contribution in [1.29, 1.82) is 5.26 Å². The van der Waals surface area contributed by atoms with E-state index < -0.39 is 11.9 Å². The van der Waals surface area contributed by atoms with Crippen molar-refractivity contribution in [3.8, 4) is 6.07 Å². The molecule has 0 bridgehead atoms. The van der Waals surface area contributed by atoms with E-state index in [0.29, 0.717) is 0 Å². The van der Waals surface area contributed by atoms with E-state index in [1.165, 1.54) is 7.11 Å². The largest absolute Gasteiger partial charge is 0.469 e. The molecule has 0 saturated carbocycles. The molecule has 0 atom stereocenters. The second-order valence-corrected chi connectivity index (χ2v) is 5.23. The summed E-state index contributed by atoms with van der Waals surface area (Å²) in [6, 6.07) is 3.88. The molecule has 0 aliphatic carbocycles. The van der Waals surface area contributed by atoms with Gasteiger partial charge in [0.25, 0.3) is 5.91 Å². The minimum Gasteiger partial charge on any atom is -0.469 e. The van der Waals surface area contributed by atoms with Crippen molar-refractivity contribution >= 4 is 18.0 Å². The number of aryl methyl sites for hydroxylation is 1. The molecule has 0 fully saturated rings. The van der Waals surface area contributed by atoms with Crippen LogP contribution in [0.2, 0.25) is 0 Å². The maximum absolute atomic E-state index is 12.0. The average molecular weight is 317 g/mol. The van der Waals surface area contributed by atoms with Crippen LogP contribution >= 0.6 is 0 Å². The van der Waals surface area contributed by atoms with Crippen molar-refractivity contribution in [2.75, 3.05) is 13.7 Å². The van der Waals surface area contributed by atoms with E-state index in [9.17, 15) is 14.9 Å². The summed E-state index contributed by atoms with van der Waals surface area (Å²) in [5.74, 6) is -0.896. The molecule has 1 rings (SSSR count). The lowest BCUT2D eigenvalue weighted by Gasteiger charge is -2.07. The zero-order valence-corrected chi connectivity index (χ0v) is 14.1. The molecule has 0 saturated heterocycles. The highest BCUT2D eigenvalue weighted by Gasteiger charge is 2.13. The first-order valence-corrected chi connectivity index (χ1v) is 7.58. The minimum absolute atomic E-state index is 0.0200. The van der Waals surface area contributed by atoms with Gasteiger partial charge in [-0.1, -0.05) is 6.92 Å². The highest BCUT2D eigenvalue weighted by molar-refractivity contribution is 6.01. The number of methoxy groups -OCH3 is 1. The monoisotopic (exact) mass is 317 g/mol. The highest BCUT2D eigenvalue weighted by Crippen LogP contribution is 2.18. The molecule has 0 aliphatic rings. The number of aromatic nitrogens is 1. The van der Waals surface area contributed by atoms with Crippen LogP contribution < -0.4 is 5.32 Å². The molecule has 0 aliphatic heterocycles. The first kappa shape index (κ1) is 18.5. The molecule has 6 heteroatoms. The minimum atomic E-state index is -0.489. The fourth-order valence-electron chi connectivity index (χ4n) is 2.32. The van der Waals surface area contributed by atoms with Crippen LogP contribution in [0.25, 0.3) is 6.08 Å². The molecule has 0 radical (unpaired) electrons. The third-order valence-electron chi connectivity index (χ3n) is 3.57. The zero-order chi connectivity index (χ0) is 17.4. The molecule has 0 spiro atoms. The van der Waals surface area contributed by atoms with Gasteiger partial charge in [0, 0.05) is 24.5 Å². The van der Waals surface area contributed by atoms with Gasteiger partial charge in [0.2, 0.25) is 0 Å². The Morgan fingerprint density at radius 2 is 2.13 bits per heavy atom. The Hall–Kier alpha value is -2.55. The van der Waals surface area contributed by atoms with Gasteiger partial charge in [0.15, 0.2) is 0 Å². The third-order valence-corrected chi connectivity index (χ3v) is 3.57. The van der Waals surface area contributed by atoms with Gasteiger partial charge in [-0.3, -0.25) is 9.59 Å². The second kappa shape index (κ2) is 8.79. The molecule has 6 nitrogen and oxygen atoms in total. The molecule has 1 heterocycles. The lowest BCUT2D eigenvalue weighted by Crippen LogP contribution is -2.27. The fourth-order valence-corrected chi connectivity index (χ4v) is 2.32. The molecule has 1 N–H and O–H groups in total. The summed E-state index contributed by atoms with van der Waals surface area (Å²) in [6.07, 6.45) is 2.67. The Morgan fingerprint density at radius 1 is 1.43 bits per heavy atom. The van der Waals surface area contributed by atoms with Gasteiger partial charge in [-0.15, -0.1) is 0 Å². The van der Waals surface area contributed by atoms with Gasteiger partial charge >= 0.3 is 5.97 Å². The Labute approximate surface area is 136 Å². The summed E-state index contributed by atoms with van der Waals surface area (Å²) in [4.78, 5) is 23.0. The molecule has 23 heavy (non-hydrogen) atoms. The molecule has 0 aromatic carbocycles. The van der Waals surface area contributed by atoms with Crippen molar-refractivity contribution < 1.29 is 14.3 Å². The Bertz CT molecular complexity index is 651. The Kier molecular flexibility index (Phi) is 7.07. The maximum Gasteiger partial charge on any atom is 0.307 e. The lowest BCUT2D eigenvalue weighted by molar-refractivity contribution is -0.140. The quantitative estimate of drug-likeness (QED) is 0.474. The first-order chi connectivity index (χ1) is 10.9. The Balaban J connectivity index is 2.87. The van der Waals surface area contributed by atoms with Gasteiger partial charge in [0.05, 0.1) is 13.5 Å². The molecular weight excluding hydrogens is 294 g/mol. The summed E-state index contributed by atoms with van der Waals surface area (Å²) in [5, 5.41) is 11.8. The summed E-state index contributed by atoms with van der Waals surface area (Å²) in [5.41, 5.74) is 3.00. The lowest BCUT2D eigenvalue weighted by atomic mass is 10.1. The van der Waals surface area contributed by atoms with Gasteiger partial charge in [0.1, 0.15) is 11.6 Å². The van der Waals surface area contributed by atoms with Gasteiger partial charge in [-0.2, -0.15) is 5.26 Å². The molecule has 1 amide bonds. The van der Waals surface area contributed by atoms with Crippen molar-refractivity contribution in [3.05, 3.63) is 28.6 Å². The number of nitrogens with one attached hydrogen (secondary N) is 1. The summed E-state index contributed by atoms with van der Waals surface area (Å²) in [6.45, 7) is 7.11. The van der Waals surface area contributed by atoms with Crippen LogP contribution in [0.4, 0.5) is 0 Å². The fraction of sp³-hybridized carbons (Fsp3) is 0.471. The molecule has 1 aromatic heterocycles. The SMILES string of the molecule is CCCn1c(C)cc(/C=C(\C#N)C(=O)NCCC(=O)OC)c1C. The van der Waals surface area contributed by atoms with E-state index in [1.54, 1.807) is 6.08 Å². The van der Waals surface area contributed by atoms with Gasteiger partial charge in [-0.25, -0.2) is 0 Å². The number of carbonyl (C=O) groups is 2. The number of nitriles is 1. The zero-order valence-electron chi connectivity index (χ0n) is 14.1. The van der Waals surface area contributed by atoms with Crippen LogP contribution in [-0.2, 0) is 20.9 Å². The second-order valence-electron chi connectivity index (χ2n) is 5.23. The van der Waals surface area contributed by atoms with E-state index in [4.69, 9.17) is 0 Å². The maximum atomic E-state index is 12.0. The predicted octanol–water partition coefficient (Wildman–Crippen LogP) is 2.10. The van der Waals surface area contributed by atoms with Crippen molar-refractivity contribution in [3.63, 3.8) is 0 Å². The number of amides is 1. The normalized spacial score (nSPS) is 11.0. The number of hydrogen-bond acceptors (Lipinski definition) is 4. The van der Waals surface area contributed by atoms with Crippen LogP contribution in [0.3, 0.4) is 0 Å². The predicted molar refractivity (Wildman–Crippen MR) is 87.4 cm³/mol. The Morgan fingerprint density at radius 3 is 2.70 bits per heavy atom.